The van der Waals surface area contributed by atoms with Crippen molar-refractivity contribution in [3.05, 3.63) is 83.9 Å². The lowest BCUT2D eigenvalue weighted by molar-refractivity contribution is -0.130. The van der Waals surface area contributed by atoms with Crippen LogP contribution >= 0.6 is 0 Å². The van der Waals surface area contributed by atoms with E-state index in [9.17, 15) is 19.2 Å². The fourth-order valence-electron chi connectivity index (χ4n) is 6.98. The maximum atomic E-state index is 13.8. The minimum Gasteiger partial charge on any atom is -0.444 e. The second-order valence-electron chi connectivity index (χ2n) is 15.6. The van der Waals surface area contributed by atoms with Crippen molar-refractivity contribution in [2.45, 2.75) is 64.5 Å². The number of likely N-dealkylation sites (N-methyl/N-ethyl adjacent to an activating group) is 1. The topological polar surface area (TPSA) is 175 Å². The summed E-state index contributed by atoms with van der Waals surface area (Å²) in [6, 6.07) is 21.8. The lowest BCUT2D eigenvalue weighted by atomic mass is 9.81. The summed E-state index contributed by atoms with van der Waals surface area (Å²) in [6.07, 6.45) is 2.71. The Balaban J connectivity index is 1.11. The number of ether oxygens (including phenoxy) is 1. The van der Waals surface area contributed by atoms with Crippen molar-refractivity contribution < 1.29 is 23.9 Å². The maximum Gasteiger partial charge on any atom is 0.407 e. The summed E-state index contributed by atoms with van der Waals surface area (Å²) in [5.74, 6) is 0.0469. The predicted octanol–water partition coefficient (Wildman–Crippen LogP) is 4.92. The van der Waals surface area contributed by atoms with Crippen molar-refractivity contribution in [1.29, 1.82) is 0 Å². The number of nitrogens with one attached hydrogen (secondary N) is 4. The summed E-state index contributed by atoms with van der Waals surface area (Å²) in [7, 11) is 2.06. The van der Waals surface area contributed by atoms with Gasteiger partial charge in [0, 0.05) is 61.9 Å². The molecule has 3 aromatic carbocycles. The zero-order chi connectivity index (χ0) is 39.0. The van der Waals surface area contributed by atoms with Crippen LogP contribution in [0.1, 0.15) is 62.4 Å². The molecule has 1 saturated carbocycles. The zero-order valence-electron chi connectivity index (χ0n) is 32.0. The molecule has 1 aliphatic heterocycles. The van der Waals surface area contributed by atoms with Crippen LogP contribution in [0.15, 0.2) is 72.8 Å². The summed E-state index contributed by atoms with van der Waals surface area (Å²) in [6.45, 7) is 9.10. The second kappa shape index (κ2) is 17.7. The van der Waals surface area contributed by atoms with Gasteiger partial charge in [-0.05, 0) is 123 Å². The van der Waals surface area contributed by atoms with E-state index in [0.717, 1.165) is 48.2 Å². The molecule has 1 saturated heterocycles. The molecule has 0 radical (unpaired) electrons. The molecule has 6 rings (SSSR count). The van der Waals surface area contributed by atoms with Gasteiger partial charge in [-0.25, -0.2) is 9.89 Å². The van der Waals surface area contributed by atoms with E-state index in [1.54, 1.807) is 24.3 Å². The molecule has 1 aromatic heterocycles. The van der Waals surface area contributed by atoms with Crippen LogP contribution in [0.3, 0.4) is 0 Å². The van der Waals surface area contributed by atoms with Gasteiger partial charge >= 0.3 is 6.09 Å². The molecule has 4 N–H and O–H groups in total. The van der Waals surface area contributed by atoms with Crippen molar-refractivity contribution in [3.8, 4) is 22.5 Å². The van der Waals surface area contributed by atoms with Gasteiger partial charge in [0.2, 0.25) is 11.8 Å². The van der Waals surface area contributed by atoms with E-state index >= 15 is 0 Å². The normalized spacial score (nSPS) is 18.2. The van der Waals surface area contributed by atoms with Crippen LogP contribution in [-0.4, -0.2) is 106 Å². The SMILES string of the molecule is CN1CCN(C(=O)c2cccc(-c3ccc(C[C@H](NC(=O)C4CCC(CNC(=O)OC(C)(C)C)CC4)C(=O)Nc4ccc(-c5nnn[nH]5)cc4)cc3)c2)CC1. The standard InChI is InChI=1S/C41H51N9O5/c1-41(2,3)55-40(54)42-26-28-10-14-31(15-11-28)37(51)44-35(38(52)43-34-18-16-30(17-19-34)36-45-47-48-46-36)24-27-8-12-29(13-9-27)32-6-5-7-33(25-32)39(53)50-22-20-49(4)21-23-50/h5-9,12-13,16-19,25,28,31,35H,10-11,14-15,20-24,26H2,1-4H3,(H,42,54)(H,43,52)(H,44,51)(H,45,46,47,48)/t28?,31?,35-/m0/s1. The highest BCUT2D eigenvalue weighted by Gasteiger charge is 2.30. The van der Waals surface area contributed by atoms with Gasteiger partial charge in [-0.2, -0.15) is 0 Å². The Morgan fingerprint density at radius 2 is 1.56 bits per heavy atom. The third-order valence-electron chi connectivity index (χ3n) is 10.2. The molecule has 14 heteroatoms. The zero-order valence-corrected chi connectivity index (χ0v) is 32.0. The summed E-state index contributed by atoms with van der Waals surface area (Å²) in [5, 5.41) is 22.8. The molecular formula is C41H51N9O5. The molecule has 2 heterocycles. The summed E-state index contributed by atoms with van der Waals surface area (Å²) >= 11 is 0. The van der Waals surface area contributed by atoms with E-state index in [2.05, 4.69) is 48.5 Å². The van der Waals surface area contributed by atoms with Crippen LogP contribution < -0.4 is 16.0 Å². The Kier molecular flexibility index (Phi) is 12.6. The van der Waals surface area contributed by atoms with Gasteiger partial charge in [-0.3, -0.25) is 14.4 Å². The number of benzene rings is 3. The first-order valence-electron chi connectivity index (χ1n) is 19.0. The molecule has 14 nitrogen and oxygen atoms in total. The number of anilines is 1. The highest BCUT2D eigenvalue weighted by molar-refractivity contribution is 5.98. The smallest absolute Gasteiger partial charge is 0.407 e. The minimum atomic E-state index is -0.840. The van der Waals surface area contributed by atoms with E-state index in [0.29, 0.717) is 49.6 Å². The van der Waals surface area contributed by atoms with Crippen LogP contribution in [0.2, 0.25) is 0 Å². The Hall–Kier alpha value is -5.63. The van der Waals surface area contributed by atoms with Gasteiger partial charge in [0.05, 0.1) is 0 Å². The highest BCUT2D eigenvalue weighted by Crippen LogP contribution is 2.29. The lowest BCUT2D eigenvalue weighted by Crippen LogP contribution is -2.48. The number of carbonyl (C=O) groups is 4. The number of hydrogen-bond acceptors (Lipinski definition) is 9. The van der Waals surface area contributed by atoms with Gasteiger partial charge in [0.1, 0.15) is 11.6 Å². The molecule has 0 unspecified atom stereocenters. The number of aromatic nitrogens is 4. The van der Waals surface area contributed by atoms with Crippen LogP contribution in [0, 0.1) is 11.8 Å². The number of nitrogens with zero attached hydrogens (tertiary/aromatic N) is 5. The largest absolute Gasteiger partial charge is 0.444 e. The quantitative estimate of drug-likeness (QED) is 0.166. The Labute approximate surface area is 321 Å². The third-order valence-corrected chi connectivity index (χ3v) is 10.2. The van der Waals surface area contributed by atoms with Crippen molar-refractivity contribution in [1.82, 2.24) is 41.1 Å². The van der Waals surface area contributed by atoms with E-state index in [1.165, 1.54) is 0 Å². The van der Waals surface area contributed by atoms with Crippen molar-refractivity contribution >= 4 is 29.5 Å². The molecule has 0 bridgehead atoms. The van der Waals surface area contributed by atoms with Crippen molar-refractivity contribution in [2.75, 3.05) is 45.1 Å². The summed E-state index contributed by atoms with van der Waals surface area (Å²) in [4.78, 5) is 57.0. The third kappa shape index (κ3) is 11.0. The predicted molar refractivity (Wildman–Crippen MR) is 209 cm³/mol. The number of carbonyl (C=O) groups excluding carboxylic acids is 4. The summed E-state index contributed by atoms with van der Waals surface area (Å²) in [5.41, 5.74) is 4.17. The van der Waals surface area contributed by atoms with E-state index < -0.39 is 17.7 Å². The number of alkyl carbamates (subject to hydrolysis) is 1. The Morgan fingerprint density at radius 1 is 0.873 bits per heavy atom. The maximum absolute atomic E-state index is 13.8. The van der Waals surface area contributed by atoms with E-state index in [-0.39, 0.29) is 36.0 Å². The van der Waals surface area contributed by atoms with Crippen LogP contribution in [-0.2, 0) is 20.7 Å². The number of piperazine rings is 1. The van der Waals surface area contributed by atoms with Crippen LogP contribution in [0.25, 0.3) is 22.5 Å². The molecule has 1 aliphatic carbocycles. The molecule has 1 atom stereocenters. The van der Waals surface area contributed by atoms with E-state index in [1.807, 2.05) is 74.2 Å². The Bertz CT molecular complexity index is 1910. The fraction of sp³-hybridized carbons (Fsp3) is 0.439. The first-order chi connectivity index (χ1) is 26.4. The van der Waals surface area contributed by atoms with Gasteiger partial charge in [0.15, 0.2) is 5.82 Å². The van der Waals surface area contributed by atoms with Gasteiger partial charge in [-0.1, -0.05) is 36.4 Å². The molecule has 290 valence electrons. The number of aromatic amines is 1. The molecule has 0 spiro atoms. The number of rotatable bonds is 11. The van der Waals surface area contributed by atoms with Crippen molar-refractivity contribution in [3.63, 3.8) is 0 Å². The average molecular weight is 750 g/mol. The molecule has 4 aromatic rings. The Morgan fingerprint density at radius 3 is 2.22 bits per heavy atom. The molecule has 4 amide bonds. The first kappa shape index (κ1) is 39.1. The molecule has 55 heavy (non-hydrogen) atoms. The van der Waals surface area contributed by atoms with Gasteiger partial charge in [0.25, 0.3) is 5.91 Å². The number of hydrogen-bond donors (Lipinski definition) is 4. The lowest BCUT2D eigenvalue weighted by Gasteiger charge is -2.32. The van der Waals surface area contributed by atoms with Gasteiger partial charge in [-0.15, -0.1) is 5.10 Å². The highest BCUT2D eigenvalue weighted by atomic mass is 16.6. The average Bonchev–Trinajstić information content (AvgIpc) is 3.72. The summed E-state index contributed by atoms with van der Waals surface area (Å²) < 4.78 is 5.36. The number of H-pyrrole nitrogens is 1. The fourth-order valence-corrected chi connectivity index (χ4v) is 6.98. The van der Waals surface area contributed by atoms with Crippen LogP contribution in [0.4, 0.5) is 10.5 Å². The molecule has 2 aliphatic rings. The first-order valence-corrected chi connectivity index (χ1v) is 19.0. The monoisotopic (exact) mass is 749 g/mol. The second-order valence-corrected chi connectivity index (χ2v) is 15.6. The van der Waals surface area contributed by atoms with E-state index in [4.69, 9.17) is 4.74 Å². The molecule has 2 fully saturated rings. The van der Waals surface area contributed by atoms with Crippen LogP contribution in [0.5, 0.6) is 0 Å². The molecular weight excluding hydrogens is 699 g/mol. The van der Waals surface area contributed by atoms with Gasteiger partial charge < -0.3 is 30.5 Å². The number of tetrazole rings is 1. The van der Waals surface area contributed by atoms with Crippen molar-refractivity contribution in [2.24, 2.45) is 11.8 Å². The minimum absolute atomic E-state index is 0.0340. The number of amides is 4.